The van der Waals surface area contributed by atoms with Gasteiger partial charge in [0, 0.05) is 16.8 Å². The molecular formula is C13H10BrClN2O. The van der Waals surface area contributed by atoms with Crippen LogP contribution in [-0.2, 0) is 0 Å². The number of nitrogen functional groups attached to an aromatic ring is 1. The van der Waals surface area contributed by atoms with Gasteiger partial charge in [-0.25, -0.2) is 4.98 Å². The molecule has 18 heavy (non-hydrogen) atoms. The van der Waals surface area contributed by atoms with Crippen LogP contribution in [0, 0.1) is 0 Å². The normalized spacial score (nSPS) is 12.1. The number of nitrogens with two attached hydrogens (primary N) is 1. The minimum absolute atomic E-state index is 0.0666. The van der Waals surface area contributed by atoms with Crippen molar-refractivity contribution in [1.29, 1.82) is 0 Å². The Balaban J connectivity index is 2.29. The first kappa shape index (κ1) is 13.1. The van der Waals surface area contributed by atoms with Crippen molar-refractivity contribution in [2.24, 2.45) is 0 Å². The second kappa shape index (κ2) is 5.50. The van der Waals surface area contributed by atoms with Crippen molar-refractivity contribution in [3.05, 3.63) is 58.7 Å². The second-order valence-electron chi connectivity index (χ2n) is 3.75. The fraction of sp³-hybridized carbons (Fsp3) is 0.0769. The number of halogens is 2. The Morgan fingerprint density at radius 2 is 2.11 bits per heavy atom. The van der Waals surface area contributed by atoms with Crippen molar-refractivity contribution in [3.63, 3.8) is 0 Å². The van der Waals surface area contributed by atoms with Crippen molar-refractivity contribution >= 4 is 39.1 Å². The molecule has 0 fully saturated rings. The third-order valence-corrected chi connectivity index (χ3v) is 3.62. The number of carbonyl (C=O) groups excluding carboxylic acids is 1. The quantitative estimate of drug-likeness (QED) is 0.692. The number of hydrogen-bond acceptors (Lipinski definition) is 3. The molecule has 2 aromatic rings. The van der Waals surface area contributed by atoms with Crippen LogP contribution in [0.2, 0.25) is 5.02 Å². The van der Waals surface area contributed by atoms with E-state index in [2.05, 4.69) is 20.9 Å². The maximum absolute atomic E-state index is 12.2. The SMILES string of the molecule is Nc1cc([C@@H](Br)C(=O)c2cccc(Cl)c2)ccn1. The van der Waals surface area contributed by atoms with E-state index in [1.54, 1.807) is 42.6 Å². The number of hydrogen-bond donors (Lipinski definition) is 1. The van der Waals surface area contributed by atoms with E-state index in [1.807, 2.05) is 0 Å². The third-order valence-electron chi connectivity index (χ3n) is 2.44. The first-order valence-electron chi connectivity index (χ1n) is 5.23. The highest BCUT2D eigenvalue weighted by Gasteiger charge is 2.19. The lowest BCUT2D eigenvalue weighted by Gasteiger charge is -2.09. The summed E-state index contributed by atoms with van der Waals surface area (Å²) < 4.78 is 0. The van der Waals surface area contributed by atoms with Crippen LogP contribution >= 0.6 is 27.5 Å². The molecule has 0 aliphatic carbocycles. The molecule has 0 bridgehead atoms. The molecule has 1 aromatic heterocycles. The number of anilines is 1. The summed E-state index contributed by atoms with van der Waals surface area (Å²) in [6, 6.07) is 10.3. The molecule has 1 aromatic carbocycles. The van der Waals surface area contributed by atoms with Gasteiger partial charge in [0.1, 0.15) is 10.6 Å². The van der Waals surface area contributed by atoms with Gasteiger partial charge in [-0.05, 0) is 29.8 Å². The molecule has 5 heteroatoms. The third kappa shape index (κ3) is 2.89. The molecule has 1 atom stereocenters. The molecule has 92 valence electrons. The van der Waals surface area contributed by atoms with Gasteiger partial charge in [-0.15, -0.1) is 0 Å². The number of benzene rings is 1. The molecule has 2 rings (SSSR count). The van der Waals surface area contributed by atoms with E-state index in [4.69, 9.17) is 17.3 Å². The van der Waals surface area contributed by atoms with Crippen LogP contribution in [0.5, 0.6) is 0 Å². The van der Waals surface area contributed by atoms with Gasteiger partial charge in [-0.1, -0.05) is 39.7 Å². The van der Waals surface area contributed by atoms with E-state index in [0.717, 1.165) is 5.56 Å². The van der Waals surface area contributed by atoms with Crippen LogP contribution in [0.4, 0.5) is 5.82 Å². The van der Waals surface area contributed by atoms with Crippen molar-refractivity contribution in [1.82, 2.24) is 4.98 Å². The molecule has 0 aliphatic rings. The van der Waals surface area contributed by atoms with Crippen LogP contribution in [-0.4, -0.2) is 10.8 Å². The van der Waals surface area contributed by atoms with E-state index in [1.165, 1.54) is 0 Å². The first-order chi connectivity index (χ1) is 8.58. The summed E-state index contributed by atoms with van der Waals surface area (Å²) in [6.45, 7) is 0. The van der Waals surface area contributed by atoms with Gasteiger partial charge in [-0.3, -0.25) is 4.79 Å². The number of Topliss-reactive ketones (excluding diaryl/α,β-unsaturated/α-hetero) is 1. The van der Waals surface area contributed by atoms with Gasteiger partial charge < -0.3 is 5.73 Å². The fourth-order valence-corrected chi connectivity index (χ4v) is 2.30. The molecule has 3 nitrogen and oxygen atoms in total. The van der Waals surface area contributed by atoms with Crippen molar-refractivity contribution in [2.45, 2.75) is 4.83 Å². The van der Waals surface area contributed by atoms with Crippen molar-refractivity contribution in [2.75, 3.05) is 5.73 Å². The van der Waals surface area contributed by atoms with Crippen LogP contribution in [0.15, 0.2) is 42.6 Å². The molecule has 0 saturated carbocycles. The standard InChI is InChI=1S/C13H10BrClN2O/c14-12(8-4-5-17-11(16)7-8)13(18)9-2-1-3-10(15)6-9/h1-7,12H,(H2,16,17)/t12-/m1/s1. The van der Waals surface area contributed by atoms with Crippen molar-refractivity contribution < 1.29 is 4.79 Å². The average molecular weight is 326 g/mol. The predicted molar refractivity (Wildman–Crippen MR) is 76.1 cm³/mol. The van der Waals surface area contributed by atoms with Gasteiger partial charge in [0.05, 0.1) is 0 Å². The Hall–Kier alpha value is -1.39. The summed E-state index contributed by atoms with van der Waals surface area (Å²) in [6.07, 6.45) is 1.57. The maximum Gasteiger partial charge on any atom is 0.180 e. The second-order valence-corrected chi connectivity index (χ2v) is 5.10. The number of aromatic nitrogens is 1. The number of alkyl halides is 1. The van der Waals surface area contributed by atoms with E-state index in [-0.39, 0.29) is 5.78 Å². The Labute approximate surface area is 118 Å². The summed E-state index contributed by atoms with van der Waals surface area (Å²) in [5, 5.41) is 0.537. The van der Waals surface area contributed by atoms with Gasteiger partial charge in [0.15, 0.2) is 5.78 Å². The predicted octanol–water partition coefficient (Wildman–Crippen LogP) is 3.64. The lowest BCUT2D eigenvalue weighted by Crippen LogP contribution is -2.07. The summed E-state index contributed by atoms with van der Waals surface area (Å²) in [4.78, 5) is 15.7. The molecule has 1 heterocycles. The Kier molecular flexibility index (Phi) is 3.99. The van der Waals surface area contributed by atoms with E-state index in [0.29, 0.717) is 16.4 Å². The minimum Gasteiger partial charge on any atom is -0.384 e. The number of nitrogens with zero attached hydrogens (tertiary/aromatic N) is 1. The van der Waals surface area contributed by atoms with Crippen LogP contribution in [0.1, 0.15) is 20.7 Å². The summed E-state index contributed by atoms with van der Waals surface area (Å²) in [5.74, 6) is 0.318. The molecule has 0 radical (unpaired) electrons. The van der Waals surface area contributed by atoms with Crippen LogP contribution in [0.25, 0.3) is 0 Å². The molecule has 2 N–H and O–H groups in total. The van der Waals surface area contributed by atoms with Crippen molar-refractivity contribution in [3.8, 4) is 0 Å². The molecule has 0 spiro atoms. The maximum atomic E-state index is 12.2. The molecule has 0 unspecified atom stereocenters. The lowest BCUT2D eigenvalue weighted by molar-refractivity contribution is 0.0991. The summed E-state index contributed by atoms with van der Waals surface area (Å²) in [7, 11) is 0. The monoisotopic (exact) mass is 324 g/mol. The molecule has 0 amide bonds. The summed E-state index contributed by atoms with van der Waals surface area (Å²) >= 11 is 9.24. The fourth-order valence-electron chi connectivity index (χ4n) is 1.56. The van der Waals surface area contributed by atoms with Crippen LogP contribution < -0.4 is 5.73 Å². The molecular weight excluding hydrogens is 316 g/mol. The highest BCUT2D eigenvalue weighted by atomic mass is 79.9. The largest absolute Gasteiger partial charge is 0.384 e. The zero-order valence-electron chi connectivity index (χ0n) is 9.31. The topological polar surface area (TPSA) is 56.0 Å². The number of pyridine rings is 1. The highest BCUT2D eigenvalue weighted by molar-refractivity contribution is 9.09. The Morgan fingerprint density at radius 3 is 2.78 bits per heavy atom. The van der Waals surface area contributed by atoms with E-state index >= 15 is 0 Å². The Bertz CT molecular complexity index is 589. The van der Waals surface area contributed by atoms with Gasteiger partial charge in [0.2, 0.25) is 0 Å². The minimum atomic E-state index is -0.457. The molecule has 0 aliphatic heterocycles. The number of rotatable bonds is 3. The number of ketones is 1. The van der Waals surface area contributed by atoms with E-state index < -0.39 is 4.83 Å². The van der Waals surface area contributed by atoms with Crippen LogP contribution in [0.3, 0.4) is 0 Å². The van der Waals surface area contributed by atoms with E-state index in [9.17, 15) is 4.79 Å². The zero-order chi connectivity index (χ0) is 13.1. The number of carbonyl (C=O) groups is 1. The first-order valence-corrected chi connectivity index (χ1v) is 6.52. The van der Waals surface area contributed by atoms with Gasteiger partial charge in [0.25, 0.3) is 0 Å². The highest BCUT2D eigenvalue weighted by Crippen LogP contribution is 2.28. The zero-order valence-corrected chi connectivity index (χ0v) is 11.6. The smallest absolute Gasteiger partial charge is 0.180 e. The average Bonchev–Trinajstić information content (AvgIpc) is 2.37. The summed E-state index contributed by atoms with van der Waals surface area (Å²) in [5.41, 5.74) is 6.92. The lowest BCUT2D eigenvalue weighted by atomic mass is 10.0. The van der Waals surface area contributed by atoms with Gasteiger partial charge >= 0.3 is 0 Å². The van der Waals surface area contributed by atoms with Gasteiger partial charge in [-0.2, -0.15) is 0 Å². The molecule has 0 saturated heterocycles. The Morgan fingerprint density at radius 1 is 1.33 bits per heavy atom.